The van der Waals surface area contributed by atoms with Crippen LogP contribution in [-0.4, -0.2) is 56.4 Å². The summed E-state index contributed by atoms with van der Waals surface area (Å²) in [5.41, 5.74) is 2.52. The van der Waals surface area contributed by atoms with Crippen molar-refractivity contribution in [2.24, 2.45) is 10.2 Å². The molecule has 1 aromatic carbocycles. The number of nitrogens with zero attached hydrogens (tertiary/aromatic N) is 8. The fourth-order valence-corrected chi connectivity index (χ4v) is 2.90. The third-order valence-electron chi connectivity index (χ3n) is 4.58. The van der Waals surface area contributed by atoms with Crippen LogP contribution in [-0.2, 0) is 0 Å². The predicted octanol–water partition coefficient (Wildman–Crippen LogP) is 3.15. The number of H-pyrrole nitrogens is 2. The topological polar surface area (TPSA) is 114 Å². The predicted molar refractivity (Wildman–Crippen MR) is 126 cm³/mol. The molecule has 0 spiro atoms. The summed E-state index contributed by atoms with van der Waals surface area (Å²) in [6.45, 7) is 3.79. The molecule has 3 heterocycles. The highest BCUT2D eigenvalue weighted by molar-refractivity contribution is 5.78. The Kier molecular flexibility index (Phi) is 6.02. The lowest BCUT2D eigenvalue weighted by molar-refractivity contribution is 0.935. The highest BCUT2D eigenvalue weighted by Crippen LogP contribution is 2.24. The Bertz CT molecular complexity index is 1160. The molecule has 0 radical (unpaired) electrons. The lowest BCUT2D eigenvalue weighted by Crippen LogP contribution is -2.16. The maximum atomic E-state index is 4.71. The van der Waals surface area contributed by atoms with Crippen molar-refractivity contribution >= 4 is 24.1 Å². The molecule has 0 aliphatic rings. The molecule has 32 heavy (non-hydrogen) atoms. The molecule has 0 unspecified atom stereocenters. The maximum Gasteiger partial charge on any atom is 0.164 e. The highest BCUT2D eigenvalue weighted by Gasteiger charge is 2.12. The van der Waals surface area contributed by atoms with E-state index in [1.807, 2.05) is 64.3 Å². The second-order valence-corrected chi connectivity index (χ2v) is 7.16. The van der Waals surface area contributed by atoms with Gasteiger partial charge in [0.2, 0.25) is 0 Å². The molecule has 4 rings (SSSR count). The molecular weight excluding hydrogens is 404 g/mol. The van der Waals surface area contributed by atoms with Gasteiger partial charge in [-0.05, 0) is 13.8 Å². The van der Waals surface area contributed by atoms with Crippen molar-refractivity contribution in [2.45, 2.75) is 13.8 Å². The van der Waals surface area contributed by atoms with Crippen molar-refractivity contribution in [3.63, 3.8) is 0 Å². The van der Waals surface area contributed by atoms with Gasteiger partial charge in [-0.2, -0.15) is 10.2 Å². The van der Waals surface area contributed by atoms with Crippen LogP contribution in [0, 0.1) is 13.8 Å². The summed E-state index contributed by atoms with van der Waals surface area (Å²) in [4.78, 5) is 24.0. The summed E-state index contributed by atoms with van der Waals surface area (Å²) in [5, 5.41) is 12.3. The largest absolute Gasteiger partial charge is 0.341 e. The maximum absolute atomic E-state index is 4.71. The zero-order valence-corrected chi connectivity index (χ0v) is 18.4. The summed E-state index contributed by atoms with van der Waals surface area (Å²) in [6, 6.07) is 11.6. The average Bonchev–Trinajstić information content (AvgIpc) is 3.43. The monoisotopic (exact) mass is 428 g/mol. The molecule has 0 amide bonds. The van der Waals surface area contributed by atoms with Crippen LogP contribution in [0.15, 0.2) is 59.0 Å². The van der Waals surface area contributed by atoms with Crippen molar-refractivity contribution < 1.29 is 0 Å². The molecule has 0 saturated carbocycles. The van der Waals surface area contributed by atoms with Crippen LogP contribution in [0.4, 0.5) is 11.6 Å². The fraction of sp³-hybridized carbons (Fsp3) is 0.182. The van der Waals surface area contributed by atoms with Gasteiger partial charge in [0.05, 0.1) is 36.2 Å². The average molecular weight is 429 g/mol. The van der Waals surface area contributed by atoms with Crippen molar-refractivity contribution in [3.05, 3.63) is 71.8 Å². The summed E-state index contributed by atoms with van der Waals surface area (Å²) >= 11 is 0. The van der Waals surface area contributed by atoms with Crippen molar-refractivity contribution in [1.29, 1.82) is 0 Å². The van der Waals surface area contributed by atoms with Crippen LogP contribution in [0.1, 0.15) is 23.0 Å². The minimum absolute atomic E-state index is 0.581. The first kappa shape index (κ1) is 20.9. The van der Waals surface area contributed by atoms with E-state index in [2.05, 4.69) is 30.1 Å². The SMILES string of the molecule is Cc1ncc(/C=N/N(C)c2cc(N(C)/N=C/c3cnc(C)[nH]3)nc(-c3ccccc3)n2)[nH]1. The molecule has 4 aromatic rings. The van der Waals surface area contributed by atoms with Gasteiger partial charge in [-0.15, -0.1) is 0 Å². The van der Waals surface area contributed by atoms with E-state index in [0.717, 1.165) is 28.6 Å². The second kappa shape index (κ2) is 9.21. The van der Waals surface area contributed by atoms with Gasteiger partial charge in [-0.25, -0.2) is 19.9 Å². The van der Waals surface area contributed by atoms with E-state index in [1.54, 1.807) is 34.8 Å². The van der Waals surface area contributed by atoms with Crippen LogP contribution in [0.3, 0.4) is 0 Å². The first-order chi connectivity index (χ1) is 15.5. The summed E-state index contributed by atoms with van der Waals surface area (Å²) in [7, 11) is 3.66. The summed E-state index contributed by atoms with van der Waals surface area (Å²) < 4.78 is 0. The van der Waals surface area contributed by atoms with Gasteiger partial charge >= 0.3 is 0 Å². The van der Waals surface area contributed by atoms with Crippen LogP contribution < -0.4 is 10.0 Å². The van der Waals surface area contributed by atoms with Gasteiger partial charge in [0.1, 0.15) is 11.6 Å². The van der Waals surface area contributed by atoms with E-state index in [-0.39, 0.29) is 0 Å². The zero-order chi connectivity index (χ0) is 22.5. The number of imidazole rings is 2. The number of rotatable bonds is 7. The van der Waals surface area contributed by atoms with Gasteiger partial charge in [0, 0.05) is 25.7 Å². The molecule has 3 aromatic heterocycles. The van der Waals surface area contributed by atoms with Gasteiger partial charge in [-0.1, -0.05) is 30.3 Å². The van der Waals surface area contributed by atoms with Gasteiger partial charge < -0.3 is 9.97 Å². The molecule has 2 N–H and O–H groups in total. The third-order valence-corrected chi connectivity index (χ3v) is 4.58. The Morgan fingerprint density at radius 3 is 1.72 bits per heavy atom. The van der Waals surface area contributed by atoms with Crippen molar-refractivity contribution in [3.8, 4) is 11.4 Å². The smallest absolute Gasteiger partial charge is 0.164 e. The van der Waals surface area contributed by atoms with Crippen molar-refractivity contribution in [2.75, 3.05) is 24.1 Å². The second-order valence-electron chi connectivity index (χ2n) is 7.16. The van der Waals surface area contributed by atoms with E-state index in [9.17, 15) is 0 Å². The fourth-order valence-electron chi connectivity index (χ4n) is 2.90. The normalized spacial score (nSPS) is 11.5. The molecule has 0 saturated heterocycles. The Labute approximate surface area is 185 Å². The van der Waals surface area contributed by atoms with Crippen LogP contribution in [0.2, 0.25) is 0 Å². The number of nitrogens with one attached hydrogen (secondary N) is 2. The lowest BCUT2D eigenvalue weighted by Gasteiger charge is -2.17. The van der Waals surface area contributed by atoms with Crippen LogP contribution in [0.25, 0.3) is 11.4 Å². The van der Waals surface area contributed by atoms with E-state index in [4.69, 9.17) is 9.97 Å². The number of hydrazone groups is 2. The van der Waals surface area contributed by atoms with E-state index >= 15 is 0 Å². The molecule has 0 aliphatic carbocycles. The van der Waals surface area contributed by atoms with E-state index < -0.39 is 0 Å². The molecule has 0 aliphatic heterocycles. The third kappa shape index (κ3) is 5.04. The lowest BCUT2D eigenvalue weighted by atomic mass is 10.2. The number of benzene rings is 1. The number of hydrogen-bond acceptors (Lipinski definition) is 8. The molecule has 0 atom stereocenters. The number of aryl methyl sites for hydroxylation is 2. The number of anilines is 2. The number of hydrogen-bond donors (Lipinski definition) is 2. The molecule has 0 bridgehead atoms. The summed E-state index contributed by atoms with van der Waals surface area (Å²) in [6.07, 6.45) is 6.86. The standard InChI is InChI=1S/C22H24N10/c1-15-23-11-18(27-15)13-25-31(3)20-10-21(30-22(29-20)17-8-6-5-7-9-17)32(4)26-14-19-12-24-16(2)28-19/h5-14H,1-4H3,(H,23,27)(H,24,28)/b25-13+,26-14+. The molecule has 0 fully saturated rings. The van der Waals surface area contributed by atoms with Crippen LogP contribution >= 0.6 is 0 Å². The molecule has 162 valence electrons. The van der Waals surface area contributed by atoms with Gasteiger partial charge in [0.25, 0.3) is 0 Å². The van der Waals surface area contributed by atoms with E-state index in [0.29, 0.717) is 17.5 Å². The van der Waals surface area contributed by atoms with Gasteiger partial charge in [0.15, 0.2) is 17.5 Å². The Hall–Kier alpha value is -4.34. The first-order valence-electron chi connectivity index (χ1n) is 10.0. The first-order valence-corrected chi connectivity index (χ1v) is 10.0. The quantitative estimate of drug-likeness (QED) is 0.345. The molecule has 10 nitrogen and oxygen atoms in total. The Morgan fingerprint density at radius 1 is 0.781 bits per heavy atom. The highest BCUT2D eigenvalue weighted by atomic mass is 15.5. The Morgan fingerprint density at radius 2 is 1.28 bits per heavy atom. The van der Waals surface area contributed by atoms with E-state index in [1.165, 1.54) is 0 Å². The minimum atomic E-state index is 0.581. The Balaban J connectivity index is 1.66. The van der Waals surface area contributed by atoms with Crippen LogP contribution in [0.5, 0.6) is 0 Å². The zero-order valence-electron chi connectivity index (χ0n) is 18.4. The van der Waals surface area contributed by atoms with Gasteiger partial charge in [-0.3, -0.25) is 10.0 Å². The van der Waals surface area contributed by atoms with Crippen molar-refractivity contribution in [1.82, 2.24) is 29.9 Å². The minimum Gasteiger partial charge on any atom is -0.341 e. The molecule has 10 heteroatoms. The summed E-state index contributed by atoms with van der Waals surface area (Å²) in [5.74, 6) is 3.49. The molecular formula is C22H24N10. The number of aromatic amines is 2. The number of aromatic nitrogens is 6.